The van der Waals surface area contributed by atoms with Crippen molar-refractivity contribution in [2.24, 2.45) is 5.73 Å². The summed E-state index contributed by atoms with van der Waals surface area (Å²) in [6.45, 7) is 10.2. The number of nitrogens with two attached hydrogens (primary N) is 1. The molecule has 49 heavy (non-hydrogen) atoms. The molecule has 4 aromatic rings. The van der Waals surface area contributed by atoms with E-state index < -0.39 is 23.5 Å². The van der Waals surface area contributed by atoms with E-state index >= 15 is 0 Å². The quantitative estimate of drug-likeness (QED) is 0.223. The highest BCUT2D eigenvalue weighted by Gasteiger charge is 2.37. The molecule has 256 valence electrons. The van der Waals surface area contributed by atoms with E-state index in [0.717, 1.165) is 44.1 Å². The second kappa shape index (κ2) is 14.4. The smallest absolute Gasteiger partial charge is 0.306 e. The Hall–Kier alpha value is -5.30. The van der Waals surface area contributed by atoms with Gasteiger partial charge in [-0.05, 0) is 56.5 Å². The van der Waals surface area contributed by atoms with Crippen molar-refractivity contribution in [1.29, 1.82) is 0 Å². The predicted molar refractivity (Wildman–Crippen MR) is 182 cm³/mol. The molecule has 0 spiro atoms. The molecule has 1 atom stereocenters. The van der Waals surface area contributed by atoms with Crippen molar-refractivity contribution in [2.45, 2.75) is 65.0 Å². The highest BCUT2D eigenvalue weighted by molar-refractivity contribution is 6.01. The van der Waals surface area contributed by atoms with Gasteiger partial charge < -0.3 is 25.0 Å². The maximum atomic E-state index is 13.3. The molecule has 6 rings (SSSR count). The minimum Gasteiger partial charge on any atom is -0.489 e. The fourth-order valence-corrected chi connectivity index (χ4v) is 6.12. The number of aromatic nitrogens is 4. The third-order valence-corrected chi connectivity index (χ3v) is 8.58. The number of nitrogens with zero attached hydrogens (tertiary/aromatic N) is 7. The highest BCUT2D eigenvalue weighted by Crippen LogP contribution is 2.33. The minimum absolute atomic E-state index is 0.0298. The first-order valence-electron chi connectivity index (χ1n) is 16.5. The third-order valence-electron chi connectivity index (χ3n) is 8.58. The number of ether oxygens (including phenoxy) is 2. The van der Waals surface area contributed by atoms with E-state index in [1.54, 1.807) is 56.2 Å². The Morgan fingerprint density at radius 1 is 0.980 bits per heavy atom. The second-order valence-corrected chi connectivity index (χ2v) is 13.3. The van der Waals surface area contributed by atoms with Crippen LogP contribution in [0.25, 0.3) is 5.95 Å². The normalized spacial score (nSPS) is 15.6. The molecule has 0 aliphatic carbocycles. The molecular weight excluding hydrogens is 624 g/mol. The molecule has 2 aliphatic rings. The van der Waals surface area contributed by atoms with Gasteiger partial charge >= 0.3 is 5.97 Å². The van der Waals surface area contributed by atoms with Crippen LogP contribution in [0, 0.1) is 0 Å². The zero-order valence-electron chi connectivity index (χ0n) is 28.1. The molecule has 13 nitrogen and oxygen atoms in total. The Labute approximate surface area is 285 Å². The molecule has 2 aromatic heterocycles. The molecule has 4 heterocycles. The van der Waals surface area contributed by atoms with Crippen molar-refractivity contribution in [3.05, 3.63) is 95.7 Å². The van der Waals surface area contributed by atoms with E-state index in [1.165, 1.54) is 10.5 Å². The molecule has 13 heteroatoms. The molecule has 1 fully saturated rings. The summed E-state index contributed by atoms with van der Waals surface area (Å²) < 4.78 is 13.4. The minimum atomic E-state index is -0.941. The maximum Gasteiger partial charge on any atom is 0.306 e. The molecule has 0 unspecified atom stereocenters. The van der Waals surface area contributed by atoms with Crippen LogP contribution in [-0.4, -0.2) is 84.9 Å². The Morgan fingerprint density at radius 2 is 1.73 bits per heavy atom. The van der Waals surface area contributed by atoms with Gasteiger partial charge in [-0.3, -0.25) is 23.9 Å². The van der Waals surface area contributed by atoms with Crippen LogP contribution < -0.4 is 15.4 Å². The number of rotatable bonds is 12. The first kappa shape index (κ1) is 33.6. The number of primary amides is 1. The lowest BCUT2D eigenvalue weighted by atomic mass is 10.1. The van der Waals surface area contributed by atoms with E-state index in [4.69, 9.17) is 20.2 Å². The van der Waals surface area contributed by atoms with Gasteiger partial charge in [0.25, 0.3) is 5.91 Å². The summed E-state index contributed by atoms with van der Waals surface area (Å²) in [6, 6.07) is 14.7. The van der Waals surface area contributed by atoms with E-state index in [2.05, 4.69) is 44.0 Å². The number of carbonyl (C=O) groups excluding carboxylic acids is 3. The average Bonchev–Trinajstić information content (AvgIpc) is 3.73. The summed E-state index contributed by atoms with van der Waals surface area (Å²) >= 11 is 0. The van der Waals surface area contributed by atoms with Gasteiger partial charge in [0.15, 0.2) is 0 Å². The standard InChI is InChI=1S/C36H42N8O5/c1-36(2,3)49-32(45)12-11-29(33(37)46)44-22-28-27(34(44)47)5-4-6-30(28)48-23-26-9-7-25(8-10-26)21-41-17-19-42(20-18-41)31-13-14-39-35(40-31)43-16-15-38-24-43/h4-10,13-16,24,29H,11-12,17-23H2,1-3H3,(H2,37,46)/t29-/m0/s1. The number of imidazole rings is 1. The molecule has 1 saturated heterocycles. The fourth-order valence-electron chi connectivity index (χ4n) is 6.12. The summed E-state index contributed by atoms with van der Waals surface area (Å²) in [5.41, 5.74) is 8.43. The number of hydrogen-bond acceptors (Lipinski definition) is 10. The van der Waals surface area contributed by atoms with Crippen LogP contribution in [0.1, 0.15) is 60.7 Å². The summed E-state index contributed by atoms with van der Waals surface area (Å²) in [4.78, 5) is 57.3. The van der Waals surface area contributed by atoms with Crippen LogP contribution in [0.4, 0.5) is 5.82 Å². The van der Waals surface area contributed by atoms with Gasteiger partial charge in [0.1, 0.15) is 36.1 Å². The summed E-state index contributed by atoms with van der Waals surface area (Å²) in [5, 5.41) is 0. The first-order valence-corrected chi connectivity index (χ1v) is 16.5. The van der Waals surface area contributed by atoms with Gasteiger partial charge in [-0.1, -0.05) is 30.3 Å². The number of fused-ring (bicyclic) bond motifs is 1. The zero-order chi connectivity index (χ0) is 34.5. The number of benzene rings is 2. The van der Waals surface area contributed by atoms with Crippen molar-refractivity contribution in [2.75, 3.05) is 31.1 Å². The van der Waals surface area contributed by atoms with Gasteiger partial charge in [-0.15, -0.1) is 0 Å². The molecule has 0 radical (unpaired) electrons. The van der Waals surface area contributed by atoms with Crippen LogP contribution in [0.2, 0.25) is 0 Å². The van der Waals surface area contributed by atoms with Gasteiger partial charge in [0, 0.05) is 68.9 Å². The number of anilines is 1. The monoisotopic (exact) mass is 666 g/mol. The Morgan fingerprint density at radius 3 is 2.43 bits per heavy atom. The predicted octanol–water partition coefficient (Wildman–Crippen LogP) is 3.50. The topological polar surface area (TPSA) is 149 Å². The first-order chi connectivity index (χ1) is 23.5. The van der Waals surface area contributed by atoms with Crippen LogP contribution in [0.15, 0.2) is 73.4 Å². The number of hydrogen-bond donors (Lipinski definition) is 1. The zero-order valence-corrected chi connectivity index (χ0v) is 28.1. The van der Waals surface area contributed by atoms with Crippen molar-refractivity contribution in [1.82, 2.24) is 29.3 Å². The number of piperazine rings is 1. The fraction of sp³-hybridized carbons (Fsp3) is 0.389. The highest BCUT2D eigenvalue weighted by atomic mass is 16.6. The lowest BCUT2D eigenvalue weighted by Crippen LogP contribution is -2.46. The maximum absolute atomic E-state index is 13.3. The molecular formula is C36H42N8O5. The molecule has 2 N–H and O–H groups in total. The summed E-state index contributed by atoms with van der Waals surface area (Å²) in [7, 11) is 0. The Kier molecular flexibility index (Phi) is 9.90. The molecule has 2 aliphatic heterocycles. The van der Waals surface area contributed by atoms with Crippen molar-refractivity contribution in [3.8, 4) is 11.7 Å². The lowest BCUT2D eigenvalue weighted by Gasteiger charge is -2.35. The molecule has 2 aromatic carbocycles. The van der Waals surface area contributed by atoms with E-state index in [-0.39, 0.29) is 25.3 Å². The molecule has 2 amide bonds. The van der Waals surface area contributed by atoms with Crippen molar-refractivity contribution in [3.63, 3.8) is 0 Å². The van der Waals surface area contributed by atoms with Crippen LogP contribution in [-0.2, 0) is 34.0 Å². The Balaban J connectivity index is 1.01. The number of carbonyl (C=O) groups is 3. The van der Waals surface area contributed by atoms with Gasteiger partial charge in [-0.25, -0.2) is 9.97 Å². The van der Waals surface area contributed by atoms with Crippen LogP contribution >= 0.6 is 0 Å². The van der Waals surface area contributed by atoms with Crippen LogP contribution in [0.5, 0.6) is 5.75 Å². The van der Waals surface area contributed by atoms with E-state index in [1.807, 2.05) is 18.3 Å². The SMILES string of the molecule is CC(C)(C)OC(=O)CC[C@@H](C(N)=O)N1Cc2c(OCc3ccc(CN4CCN(c5ccnc(-n6ccnc6)n5)CC4)cc3)cccc2C1=O. The summed E-state index contributed by atoms with van der Waals surface area (Å²) in [5.74, 6) is 0.675. The molecule has 0 bridgehead atoms. The van der Waals surface area contributed by atoms with Crippen molar-refractivity contribution < 1.29 is 23.9 Å². The number of esters is 1. The molecule has 0 saturated carbocycles. The van der Waals surface area contributed by atoms with Gasteiger partial charge in [0.2, 0.25) is 11.9 Å². The Bertz CT molecular complexity index is 1780. The summed E-state index contributed by atoms with van der Waals surface area (Å²) in [6.07, 6.45) is 7.07. The average molecular weight is 667 g/mol. The van der Waals surface area contributed by atoms with Crippen molar-refractivity contribution >= 4 is 23.6 Å². The lowest BCUT2D eigenvalue weighted by molar-refractivity contribution is -0.155. The van der Waals surface area contributed by atoms with E-state index in [0.29, 0.717) is 29.4 Å². The third kappa shape index (κ3) is 8.23. The largest absolute Gasteiger partial charge is 0.489 e. The van der Waals surface area contributed by atoms with Gasteiger partial charge in [0.05, 0.1) is 6.54 Å². The number of amides is 2. The van der Waals surface area contributed by atoms with Crippen LogP contribution in [0.3, 0.4) is 0 Å². The van der Waals surface area contributed by atoms with Gasteiger partial charge in [-0.2, -0.15) is 4.98 Å². The second-order valence-electron chi connectivity index (χ2n) is 13.3. The van der Waals surface area contributed by atoms with E-state index in [9.17, 15) is 14.4 Å².